The molecule has 2 rings (SSSR count). The van der Waals surface area contributed by atoms with Gasteiger partial charge in [0.15, 0.2) is 0 Å². The summed E-state index contributed by atoms with van der Waals surface area (Å²) in [5, 5.41) is 0.793. The van der Waals surface area contributed by atoms with Crippen LogP contribution in [-0.2, 0) is 0 Å². The second-order valence-corrected chi connectivity index (χ2v) is 7.43. The molecule has 2 aromatic rings. The minimum Gasteiger partial charge on any atom is -0.323 e. The van der Waals surface area contributed by atoms with E-state index < -0.39 is 0 Å². The van der Waals surface area contributed by atoms with Gasteiger partial charge in [-0.25, -0.2) is 0 Å². The fourth-order valence-corrected chi connectivity index (χ4v) is 4.02. The SMILES string of the molecule is Cc1cc(Br)c(-c2ccc(C(N)C(C)C)s2)cc1Cl. The van der Waals surface area contributed by atoms with Crippen molar-refractivity contribution in [2.45, 2.75) is 26.8 Å². The Morgan fingerprint density at radius 2 is 1.95 bits per heavy atom. The van der Waals surface area contributed by atoms with Crippen LogP contribution in [0, 0.1) is 12.8 Å². The molecule has 0 bridgehead atoms. The molecule has 2 N–H and O–H groups in total. The summed E-state index contributed by atoms with van der Waals surface area (Å²) in [6.45, 7) is 6.29. The van der Waals surface area contributed by atoms with Gasteiger partial charge in [0.1, 0.15) is 0 Å². The molecule has 0 saturated heterocycles. The molecule has 4 heteroatoms. The van der Waals surface area contributed by atoms with Crippen LogP contribution in [0.2, 0.25) is 5.02 Å². The molecule has 0 spiro atoms. The van der Waals surface area contributed by atoms with Gasteiger partial charge in [0, 0.05) is 30.9 Å². The van der Waals surface area contributed by atoms with Gasteiger partial charge in [-0.3, -0.25) is 0 Å². The molecule has 0 aliphatic heterocycles. The third-order valence-electron chi connectivity index (χ3n) is 3.19. The van der Waals surface area contributed by atoms with Crippen molar-refractivity contribution in [2.24, 2.45) is 11.7 Å². The van der Waals surface area contributed by atoms with Crippen molar-refractivity contribution in [3.63, 3.8) is 0 Å². The molecular formula is C15H17BrClNS. The lowest BCUT2D eigenvalue weighted by molar-refractivity contribution is 0.521. The second kappa shape index (κ2) is 5.96. The summed E-state index contributed by atoms with van der Waals surface area (Å²) >= 11 is 11.6. The number of nitrogens with two attached hydrogens (primary N) is 1. The van der Waals surface area contributed by atoms with Gasteiger partial charge >= 0.3 is 0 Å². The van der Waals surface area contributed by atoms with Gasteiger partial charge in [-0.05, 0) is 42.7 Å². The molecule has 0 radical (unpaired) electrons. The van der Waals surface area contributed by atoms with Gasteiger partial charge in [0.2, 0.25) is 0 Å². The highest BCUT2D eigenvalue weighted by molar-refractivity contribution is 9.10. The highest BCUT2D eigenvalue weighted by atomic mass is 79.9. The number of hydrogen-bond donors (Lipinski definition) is 1. The van der Waals surface area contributed by atoms with Crippen molar-refractivity contribution < 1.29 is 0 Å². The maximum absolute atomic E-state index is 6.21. The quantitative estimate of drug-likeness (QED) is 0.737. The van der Waals surface area contributed by atoms with Gasteiger partial charge in [-0.15, -0.1) is 11.3 Å². The largest absolute Gasteiger partial charge is 0.323 e. The van der Waals surface area contributed by atoms with Crippen molar-refractivity contribution in [1.82, 2.24) is 0 Å². The zero-order valence-electron chi connectivity index (χ0n) is 11.2. The lowest BCUT2D eigenvalue weighted by Gasteiger charge is -2.13. The maximum Gasteiger partial charge on any atom is 0.0442 e. The average Bonchev–Trinajstić information content (AvgIpc) is 2.81. The van der Waals surface area contributed by atoms with Gasteiger partial charge in [-0.2, -0.15) is 0 Å². The van der Waals surface area contributed by atoms with Gasteiger partial charge in [0.05, 0.1) is 0 Å². The van der Waals surface area contributed by atoms with Crippen LogP contribution in [0.1, 0.15) is 30.3 Å². The first-order valence-corrected chi connectivity index (χ1v) is 8.20. The minimum atomic E-state index is 0.0958. The highest BCUT2D eigenvalue weighted by Crippen LogP contribution is 2.38. The Morgan fingerprint density at radius 1 is 1.26 bits per heavy atom. The Labute approximate surface area is 131 Å². The smallest absolute Gasteiger partial charge is 0.0442 e. The molecule has 1 nitrogen and oxygen atoms in total. The van der Waals surface area contributed by atoms with Crippen LogP contribution < -0.4 is 5.73 Å². The average molecular weight is 359 g/mol. The summed E-state index contributed by atoms with van der Waals surface area (Å²) in [6.07, 6.45) is 0. The number of halogens is 2. The van der Waals surface area contributed by atoms with Crippen molar-refractivity contribution in [3.8, 4) is 10.4 Å². The van der Waals surface area contributed by atoms with E-state index in [2.05, 4.69) is 48.0 Å². The van der Waals surface area contributed by atoms with Crippen LogP contribution in [0.15, 0.2) is 28.7 Å². The van der Waals surface area contributed by atoms with Crippen LogP contribution in [0.4, 0.5) is 0 Å². The zero-order valence-corrected chi connectivity index (χ0v) is 14.4. The van der Waals surface area contributed by atoms with E-state index in [0.717, 1.165) is 20.6 Å². The summed E-state index contributed by atoms with van der Waals surface area (Å²) in [7, 11) is 0. The minimum absolute atomic E-state index is 0.0958. The molecular weight excluding hydrogens is 342 g/mol. The van der Waals surface area contributed by atoms with Crippen LogP contribution >= 0.6 is 38.9 Å². The van der Waals surface area contributed by atoms with Crippen LogP contribution in [-0.4, -0.2) is 0 Å². The van der Waals surface area contributed by atoms with E-state index in [0.29, 0.717) is 5.92 Å². The number of hydrogen-bond acceptors (Lipinski definition) is 2. The van der Waals surface area contributed by atoms with Crippen molar-refractivity contribution in [1.29, 1.82) is 0 Å². The normalized spacial score (nSPS) is 13.0. The van der Waals surface area contributed by atoms with Gasteiger partial charge < -0.3 is 5.73 Å². The topological polar surface area (TPSA) is 26.0 Å². The van der Waals surface area contributed by atoms with E-state index in [9.17, 15) is 0 Å². The summed E-state index contributed by atoms with van der Waals surface area (Å²) in [5.41, 5.74) is 8.40. The summed E-state index contributed by atoms with van der Waals surface area (Å²) in [4.78, 5) is 2.41. The molecule has 0 amide bonds. The van der Waals surface area contributed by atoms with Crippen LogP contribution in [0.5, 0.6) is 0 Å². The number of benzene rings is 1. The van der Waals surface area contributed by atoms with Crippen LogP contribution in [0.25, 0.3) is 10.4 Å². The van der Waals surface area contributed by atoms with Gasteiger partial charge in [-0.1, -0.05) is 41.4 Å². The Balaban J connectivity index is 2.41. The molecule has 0 saturated carbocycles. The summed E-state index contributed by atoms with van der Waals surface area (Å²) in [5.74, 6) is 0.441. The third kappa shape index (κ3) is 3.22. The first-order chi connectivity index (χ1) is 8.90. The fourth-order valence-electron chi connectivity index (χ4n) is 1.84. The molecule has 0 aliphatic carbocycles. The van der Waals surface area contributed by atoms with E-state index in [1.807, 2.05) is 13.0 Å². The molecule has 102 valence electrons. The van der Waals surface area contributed by atoms with E-state index in [1.54, 1.807) is 11.3 Å². The molecule has 1 aromatic heterocycles. The van der Waals surface area contributed by atoms with E-state index in [-0.39, 0.29) is 6.04 Å². The number of aryl methyl sites for hydroxylation is 1. The maximum atomic E-state index is 6.21. The Morgan fingerprint density at radius 3 is 2.58 bits per heavy atom. The lowest BCUT2D eigenvalue weighted by atomic mass is 10.0. The molecule has 1 aromatic carbocycles. The third-order valence-corrected chi connectivity index (χ3v) is 5.47. The molecule has 0 aliphatic rings. The van der Waals surface area contributed by atoms with E-state index in [1.165, 1.54) is 9.75 Å². The predicted octanol–water partition coefficient (Wildman–Crippen LogP) is 5.80. The van der Waals surface area contributed by atoms with Crippen molar-refractivity contribution in [2.75, 3.05) is 0 Å². The molecule has 1 heterocycles. The van der Waals surface area contributed by atoms with Crippen molar-refractivity contribution in [3.05, 3.63) is 44.2 Å². The standard InChI is InChI=1S/C15H17BrClNS/c1-8(2)15(18)14-5-4-13(19-14)10-7-12(17)9(3)6-11(10)16/h4-8,15H,18H2,1-3H3. The van der Waals surface area contributed by atoms with E-state index in [4.69, 9.17) is 17.3 Å². The van der Waals surface area contributed by atoms with E-state index >= 15 is 0 Å². The fraction of sp³-hybridized carbons (Fsp3) is 0.333. The van der Waals surface area contributed by atoms with Gasteiger partial charge in [0.25, 0.3) is 0 Å². The summed E-state index contributed by atoms with van der Waals surface area (Å²) in [6, 6.07) is 8.40. The number of thiophene rings is 1. The molecule has 0 fully saturated rings. The first-order valence-electron chi connectivity index (χ1n) is 6.21. The second-order valence-electron chi connectivity index (χ2n) is 5.05. The molecule has 19 heavy (non-hydrogen) atoms. The van der Waals surface area contributed by atoms with Crippen LogP contribution in [0.3, 0.4) is 0 Å². The lowest BCUT2D eigenvalue weighted by Crippen LogP contribution is -2.14. The molecule has 1 atom stereocenters. The summed E-state index contributed by atoms with van der Waals surface area (Å²) < 4.78 is 1.07. The Hall–Kier alpha value is -0.350. The monoisotopic (exact) mass is 357 g/mol. The zero-order chi connectivity index (χ0) is 14.2. The highest BCUT2D eigenvalue weighted by Gasteiger charge is 2.15. The number of rotatable bonds is 3. The predicted molar refractivity (Wildman–Crippen MR) is 89.0 cm³/mol. The Bertz CT molecular complexity index is 592. The Kier molecular flexibility index (Phi) is 4.72. The molecule has 1 unspecified atom stereocenters. The first kappa shape index (κ1) is 15.0. The van der Waals surface area contributed by atoms with Crippen molar-refractivity contribution >= 4 is 38.9 Å².